The van der Waals surface area contributed by atoms with E-state index in [1.54, 1.807) is 12.1 Å². The highest BCUT2D eigenvalue weighted by atomic mass is 16.7. The molecule has 4 aromatic rings. The Morgan fingerprint density at radius 3 is 1.74 bits per heavy atom. The van der Waals surface area contributed by atoms with E-state index in [1.165, 1.54) is 19.1 Å². The Balaban J connectivity index is 1.39. The molecule has 47 heavy (non-hydrogen) atoms. The molecule has 1 saturated heterocycles. The molecule has 1 aliphatic rings. The van der Waals surface area contributed by atoms with Gasteiger partial charge in [0.05, 0.1) is 38.0 Å². The third-order valence-electron chi connectivity index (χ3n) is 7.68. The van der Waals surface area contributed by atoms with Gasteiger partial charge in [-0.1, -0.05) is 103 Å². The molecule has 0 radical (unpaired) electrons. The van der Waals surface area contributed by atoms with Crippen molar-refractivity contribution in [1.29, 1.82) is 0 Å². The summed E-state index contributed by atoms with van der Waals surface area (Å²) >= 11 is 0. The number of nitrogens with zero attached hydrogens (tertiary/aromatic N) is 1. The maximum Gasteiger partial charge on any atom is 0.303 e. The minimum atomic E-state index is -0.908. The fourth-order valence-electron chi connectivity index (χ4n) is 5.32. The first-order chi connectivity index (χ1) is 23.0. The summed E-state index contributed by atoms with van der Waals surface area (Å²) < 4.78 is 37.8. The molecule has 0 unspecified atom stereocenters. The summed E-state index contributed by atoms with van der Waals surface area (Å²) in [6.45, 7) is 2.50. The van der Waals surface area contributed by atoms with Crippen LogP contribution in [0.15, 0.2) is 115 Å². The molecule has 246 valence electrons. The van der Waals surface area contributed by atoms with Crippen LogP contribution in [0, 0.1) is 10.1 Å². The molecule has 0 saturated carbocycles. The lowest BCUT2D eigenvalue weighted by Gasteiger charge is -2.45. The van der Waals surface area contributed by atoms with Gasteiger partial charge in [-0.2, -0.15) is 0 Å². The number of hydrogen-bond acceptors (Lipinski definition) is 9. The van der Waals surface area contributed by atoms with Gasteiger partial charge in [0, 0.05) is 19.1 Å². The SMILES string of the molecule is CC(=O)O[C@H]1[C@H](OCc2ccccc2)[C@@H](OCc2ccccc2)[C@H](OCCc2ccc([N+](=O)[O-])cc2)O[C@@H]1COCc1ccccc1. The number of non-ortho nitro benzene ring substituents is 1. The summed E-state index contributed by atoms with van der Waals surface area (Å²) in [5, 5.41) is 11.1. The maximum absolute atomic E-state index is 12.4. The maximum atomic E-state index is 12.4. The van der Waals surface area contributed by atoms with E-state index in [0.29, 0.717) is 13.0 Å². The smallest absolute Gasteiger partial charge is 0.303 e. The van der Waals surface area contributed by atoms with E-state index >= 15 is 0 Å². The molecular weight excluding hydrogens is 602 g/mol. The van der Waals surface area contributed by atoms with Crippen LogP contribution < -0.4 is 0 Å². The van der Waals surface area contributed by atoms with Gasteiger partial charge in [-0.15, -0.1) is 0 Å². The van der Waals surface area contributed by atoms with Crippen molar-refractivity contribution in [2.24, 2.45) is 0 Å². The van der Waals surface area contributed by atoms with Crippen LogP contribution in [0.2, 0.25) is 0 Å². The zero-order valence-corrected chi connectivity index (χ0v) is 26.2. The number of carbonyl (C=O) groups is 1. The Morgan fingerprint density at radius 1 is 0.681 bits per heavy atom. The van der Waals surface area contributed by atoms with Gasteiger partial charge < -0.3 is 28.4 Å². The molecule has 0 aliphatic carbocycles. The second-order valence-corrected chi connectivity index (χ2v) is 11.2. The molecule has 0 aromatic heterocycles. The molecule has 0 amide bonds. The molecule has 0 spiro atoms. The van der Waals surface area contributed by atoms with E-state index in [9.17, 15) is 14.9 Å². The zero-order valence-electron chi connectivity index (χ0n) is 26.2. The summed E-state index contributed by atoms with van der Waals surface area (Å²) in [7, 11) is 0. The van der Waals surface area contributed by atoms with E-state index in [1.807, 2.05) is 91.0 Å². The largest absolute Gasteiger partial charge is 0.457 e. The second-order valence-electron chi connectivity index (χ2n) is 11.2. The van der Waals surface area contributed by atoms with E-state index in [-0.39, 0.29) is 32.1 Å². The average Bonchev–Trinajstić information content (AvgIpc) is 3.09. The predicted molar refractivity (Wildman–Crippen MR) is 173 cm³/mol. The minimum absolute atomic E-state index is 0.0212. The van der Waals surface area contributed by atoms with Crippen LogP contribution in [0.1, 0.15) is 29.2 Å². The number of ether oxygens (including phenoxy) is 6. The monoisotopic (exact) mass is 641 g/mol. The highest BCUT2D eigenvalue weighted by molar-refractivity contribution is 5.66. The summed E-state index contributed by atoms with van der Waals surface area (Å²) in [5.74, 6) is -0.487. The molecule has 1 fully saturated rings. The van der Waals surface area contributed by atoms with Gasteiger partial charge in [0.15, 0.2) is 12.4 Å². The number of nitro groups is 1. The second kappa shape index (κ2) is 17.5. The lowest BCUT2D eigenvalue weighted by molar-refractivity contribution is -0.384. The summed E-state index contributed by atoms with van der Waals surface area (Å²) in [6.07, 6.45) is -3.58. The minimum Gasteiger partial charge on any atom is -0.457 e. The van der Waals surface area contributed by atoms with Crippen LogP contribution in [-0.4, -0.2) is 54.8 Å². The van der Waals surface area contributed by atoms with Crippen molar-refractivity contribution in [2.75, 3.05) is 13.2 Å². The lowest BCUT2D eigenvalue weighted by atomic mass is 9.98. The van der Waals surface area contributed by atoms with E-state index in [4.69, 9.17) is 28.4 Å². The van der Waals surface area contributed by atoms with Crippen LogP contribution in [0.25, 0.3) is 0 Å². The number of hydrogen-bond donors (Lipinski definition) is 0. The molecule has 10 nitrogen and oxygen atoms in total. The molecule has 4 aromatic carbocycles. The highest BCUT2D eigenvalue weighted by Gasteiger charge is 2.50. The van der Waals surface area contributed by atoms with Crippen molar-refractivity contribution >= 4 is 11.7 Å². The summed E-state index contributed by atoms with van der Waals surface area (Å²) in [4.78, 5) is 23.1. The first-order valence-electron chi connectivity index (χ1n) is 15.6. The van der Waals surface area contributed by atoms with Crippen LogP contribution in [0.4, 0.5) is 5.69 Å². The van der Waals surface area contributed by atoms with E-state index < -0.39 is 41.6 Å². The van der Waals surface area contributed by atoms with Crippen molar-refractivity contribution in [3.63, 3.8) is 0 Å². The van der Waals surface area contributed by atoms with Crippen molar-refractivity contribution in [3.8, 4) is 0 Å². The van der Waals surface area contributed by atoms with Gasteiger partial charge in [0.1, 0.15) is 18.3 Å². The Kier molecular flexibility index (Phi) is 12.6. The van der Waals surface area contributed by atoms with Crippen molar-refractivity contribution in [2.45, 2.75) is 63.9 Å². The van der Waals surface area contributed by atoms with Crippen molar-refractivity contribution in [1.82, 2.24) is 0 Å². The number of rotatable bonds is 16. The molecule has 1 aliphatic heterocycles. The Bertz CT molecular complexity index is 1520. The van der Waals surface area contributed by atoms with Crippen LogP contribution in [0.5, 0.6) is 0 Å². The lowest BCUT2D eigenvalue weighted by Crippen LogP contribution is -2.62. The van der Waals surface area contributed by atoms with Gasteiger partial charge in [0.25, 0.3) is 5.69 Å². The number of benzene rings is 4. The molecule has 1 heterocycles. The molecule has 10 heteroatoms. The third-order valence-corrected chi connectivity index (χ3v) is 7.68. The fraction of sp³-hybridized carbons (Fsp3) is 0.324. The van der Waals surface area contributed by atoms with E-state index in [0.717, 1.165) is 22.3 Å². The number of nitro benzene ring substituents is 1. The van der Waals surface area contributed by atoms with Crippen LogP contribution >= 0.6 is 0 Å². The van der Waals surface area contributed by atoms with Gasteiger partial charge >= 0.3 is 5.97 Å². The van der Waals surface area contributed by atoms with Crippen molar-refractivity contribution in [3.05, 3.63) is 148 Å². The quantitative estimate of drug-likeness (QED) is 0.0801. The summed E-state index contributed by atoms with van der Waals surface area (Å²) in [5.41, 5.74) is 3.76. The molecular formula is C37H39NO9. The third kappa shape index (κ3) is 10.3. The van der Waals surface area contributed by atoms with Gasteiger partial charge in [-0.3, -0.25) is 14.9 Å². The van der Waals surface area contributed by atoms with Gasteiger partial charge in [0.2, 0.25) is 0 Å². The van der Waals surface area contributed by atoms with Gasteiger partial charge in [-0.25, -0.2) is 0 Å². The van der Waals surface area contributed by atoms with Crippen LogP contribution in [-0.2, 0) is 59.5 Å². The molecule has 5 rings (SSSR count). The summed E-state index contributed by atoms with van der Waals surface area (Å²) in [6, 6.07) is 35.5. The Hall–Kier alpha value is -4.45. The molecule has 0 N–H and O–H groups in total. The number of esters is 1. The first kappa shape index (κ1) is 33.9. The Morgan fingerprint density at radius 2 is 1.21 bits per heavy atom. The van der Waals surface area contributed by atoms with Crippen LogP contribution in [0.3, 0.4) is 0 Å². The topological polar surface area (TPSA) is 116 Å². The normalized spacial score (nSPS) is 20.8. The highest BCUT2D eigenvalue weighted by Crippen LogP contribution is 2.31. The predicted octanol–water partition coefficient (Wildman–Crippen LogP) is 6.20. The van der Waals surface area contributed by atoms with E-state index in [2.05, 4.69) is 0 Å². The zero-order chi connectivity index (χ0) is 32.8. The number of carbonyl (C=O) groups excluding carboxylic acids is 1. The molecule has 0 bridgehead atoms. The average molecular weight is 642 g/mol. The first-order valence-corrected chi connectivity index (χ1v) is 15.6. The molecule has 5 atom stereocenters. The van der Waals surface area contributed by atoms with Crippen molar-refractivity contribution < 1.29 is 38.1 Å². The fourth-order valence-corrected chi connectivity index (χ4v) is 5.32. The Labute approximate surface area is 274 Å². The standard InChI is InChI=1S/C37H39NO9/c1-27(39)46-34-33(26-42-23-29-11-5-2-6-12-29)47-37(43-22-21-28-17-19-32(20-18-28)38(40)41)36(45-25-31-15-9-4-10-16-31)35(34)44-24-30-13-7-3-8-14-30/h2-20,33-37H,21-26H2,1H3/t33-,34-,35+,36-,37-/m1/s1. The van der Waals surface area contributed by atoms with Gasteiger partial charge in [-0.05, 0) is 28.7 Å².